The number of benzene rings is 1. The van der Waals surface area contributed by atoms with E-state index in [4.69, 9.17) is 15.0 Å². The second-order valence-electron chi connectivity index (χ2n) is 7.45. The van der Waals surface area contributed by atoms with Crippen LogP contribution in [0, 0.1) is 0 Å². The molecule has 2 atom stereocenters. The van der Waals surface area contributed by atoms with Gasteiger partial charge in [-0.15, -0.1) is 12.4 Å². The molecule has 1 aromatic carbocycles. The number of carbonyl (C=O) groups excluding carboxylic acids is 2. The fourth-order valence-electron chi connectivity index (χ4n) is 3.61. The smallest absolute Gasteiger partial charge is 0.407 e. The molecule has 0 spiro atoms. The first-order chi connectivity index (χ1) is 13.8. The van der Waals surface area contributed by atoms with Crippen molar-refractivity contribution in [3.8, 4) is 11.4 Å². The highest BCUT2D eigenvalue weighted by molar-refractivity contribution is 5.94. The van der Waals surface area contributed by atoms with Crippen LogP contribution in [0.4, 0.5) is 10.5 Å². The van der Waals surface area contributed by atoms with Gasteiger partial charge in [-0.2, -0.15) is 4.98 Å². The van der Waals surface area contributed by atoms with Gasteiger partial charge in [0.2, 0.25) is 17.6 Å². The van der Waals surface area contributed by atoms with Gasteiger partial charge in [0, 0.05) is 37.2 Å². The Morgan fingerprint density at radius 2 is 2.13 bits per heavy atom. The number of alkyl carbamates (subject to hydrolysis) is 1. The zero-order chi connectivity index (χ0) is 21.1. The number of nitrogens with two attached hydrogens (primary N) is 1. The molecule has 0 fully saturated rings. The number of carbonyl (C=O) groups is 2. The third-order valence-corrected chi connectivity index (χ3v) is 4.74. The standard InChI is InChI=1S/C20H27N5O4.ClH/c1-11(2)28-20(27)22-16-9-12(3)25(13(4)26)17-6-5-14(10-15(16)17)19-23-18(7-8-21)29-24-19;/h5-6,10-12,16H,7-9,21H2,1-4H3,(H,22,27);1H/t12-,16+;/m0./s1. The SMILES string of the molecule is CC(=O)N1c2ccc(-c3noc(CCN)n3)cc2[C@H](NC(=O)OC(C)C)C[C@@H]1C.Cl. The molecule has 1 aliphatic heterocycles. The minimum absolute atomic E-state index is 0. The molecule has 0 aliphatic carbocycles. The van der Waals surface area contributed by atoms with Crippen molar-refractivity contribution < 1.29 is 18.8 Å². The van der Waals surface area contributed by atoms with Crippen LogP contribution in [0.1, 0.15) is 51.6 Å². The maximum absolute atomic E-state index is 12.2. The van der Waals surface area contributed by atoms with Gasteiger partial charge < -0.3 is 25.2 Å². The monoisotopic (exact) mass is 437 g/mol. The van der Waals surface area contributed by atoms with E-state index >= 15 is 0 Å². The van der Waals surface area contributed by atoms with Crippen molar-refractivity contribution in [3.63, 3.8) is 0 Å². The number of hydrogen-bond acceptors (Lipinski definition) is 7. The number of anilines is 1. The first-order valence-electron chi connectivity index (χ1n) is 9.74. The van der Waals surface area contributed by atoms with Crippen LogP contribution < -0.4 is 16.0 Å². The molecule has 164 valence electrons. The van der Waals surface area contributed by atoms with Gasteiger partial charge in [-0.05, 0) is 51.0 Å². The molecule has 1 aromatic heterocycles. The molecular weight excluding hydrogens is 410 g/mol. The first-order valence-corrected chi connectivity index (χ1v) is 9.74. The Kier molecular flexibility index (Phi) is 7.80. The molecule has 0 saturated heterocycles. The summed E-state index contributed by atoms with van der Waals surface area (Å²) in [5.41, 5.74) is 7.83. The molecule has 0 radical (unpaired) electrons. The summed E-state index contributed by atoms with van der Waals surface area (Å²) in [7, 11) is 0. The minimum atomic E-state index is -0.491. The van der Waals surface area contributed by atoms with Crippen molar-refractivity contribution in [1.29, 1.82) is 0 Å². The number of nitrogens with one attached hydrogen (secondary N) is 1. The lowest BCUT2D eigenvalue weighted by atomic mass is 9.90. The van der Waals surface area contributed by atoms with Crippen LogP contribution in [0.25, 0.3) is 11.4 Å². The largest absolute Gasteiger partial charge is 0.447 e. The third kappa shape index (κ3) is 5.09. The molecule has 2 heterocycles. The molecule has 1 aliphatic rings. The summed E-state index contributed by atoms with van der Waals surface area (Å²) in [6.45, 7) is 7.50. The van der Waals surface area contributed by atoms with Crippen LogP contribution in [-0.2, 0) is 16.0 Å². The average Bonchev–Trinajstić information content (AvgIpc) is 3.09. The Balaban J connectivity index is 0.00000320. The molecule has 0 bridgehead atoms. The zero-order valence-electron chi connectivity index (χ0n) is 17.5. The van der Waals surface area contributed by atoms with Crippen molar-refractivity contribution in [2.75, 3.05) is 11.4 Å². The van der Waals surface area contributed by atoms with Crippen molar-refractivity contribution in [1.82, 2.24) is 15.5 Å². The maximum atomic E-state index is 12.2. The first kappa shape index (κ1) is 23.6. The number of hydrogen-bond donors (Lipinski definition) is 2. The van der Waals surface area contributed by atoms with E-state index in [1.807, 2.05) is 25.1 Å². The van der Waals surface area contributed by atoms with Crippen LogP contribution >= 0.6 is 12.4 Å². The van der Waals surface area contributed by atoms with Crippen molar-refractivity contribution in [2.45, 2.75) is 58.7 Å². The maximum Gasteiger partial charge on any atom is 0.407 e. The van der Waals surface area contributed by atoms with Crippen LogP contribution in [0.2, 0.25) is 0 Å². The molecule has 0 saturated carbocycles. The topological polar surface area (TPSA) is 124 Å². The van der Waals surface area contributed by atoms with E-state index in [2.05, 4.69) is 15.5 Å². The summed E-state index contributed by atoms with van der Waals surface area (Å²) in [6, 6.07) is 5.19. The highest BCUT2D eigenvalue weighted by Crippen LogP contribution is 2.39. The van der Waals surface area contributed by atoms with Gasteiger partial charge in [-0.25, -0.2) is 4.79 Å². The summed E-state index contributed by atoms with van der Waals surface area (Å²) < 4.78 is 10.5. The number of amides is 2. The lowest BCUT2D eigenvalue weighted by Crippen LogP contribution is -2.45. The van der Waals surface area contributed by atoms with Gasteiger partial charge in [-0.1, -0.05) is 5.16 Å². The van der Waals surface area contributed by atoms with Gasteiger partial charge in [0.15, 0.2) is 0 Å². The Morgan fingerprint density at radius 1 is 1.40 bits per heavy atom. The Hall–Kier alpha value is -2.65. The predicted molar refractivity (Wildman–Crippen MR) is 114 cm³/mol. The highest BCUT2D eigenvalue weighted by Gasteiger charge is 2.34. The number of rotatable bonds is 5. The van der Waals surface area contributed by atoms with Gasteiger partial charge >= 0.3 is 6.09 Å². The molecule has 9 nitrogen and oxygen atoms in total. The molecule has 30 heavy (non-hydrogen) atoms. The summed E-state index contributed by atoms with van der Waals surface area (Å²) in [5, 5.41) is 6.93. The van der Waals surface area contributed by atoms with Gasteiger partial charge in [-0.3, -0.25) is 4.79 Å². The lowest BCUT2D eigenvalue weighted by Gasteiger charge is -2.39. The van der Waals surface area contributed by atoms with Crippen LogP contribution in [-0.4, -0.2) is 40.8 Å². The van der Waals surface area contributed by atoms with Gasteiger partial charge in [0.25, 0.3) is 0 Å². The summed E-state index contributed by atoms with van der Waals surface area (Å²) >= 11 is 0. The number of aromatic nitrogens is 2. The summed E-state index contributed by atoms with van der Waals surface area (Å²) in [5.74, 6) is 0.849. The zero-order valence-corrected chi connectivity index (χ0v) is 18.4. The van der Waals surface area contributed by atoms with E-state index in [1.54, 1.807) is 18.7 Å². The van der Waals surface area contributed by atoms with E-state index in [-0.39, 0.29) is 36.5 Å². The predicted octanol–water partition coefficient (Wildman–Crippen LogP) is 2.98. The Bertz CT molecular complexity index is 901. The normalized spacial score (nSPS) is 17.9. The highest BCUT2D eigenvalue weighted by atomic mass is 35.5. The summed E-state index contributed by atoms with van der Waals surface area (Å²) in [4.78, 5) is 30.6. The third-order valence-electron chi connectivity index (χ3n) is 4.74. The van der Waals surface area contributed by atoms with Gasteiger partial charge in [0.1, 0.15) is 0 Å². The van der Waals surface area contributed by atoms with Crippen molar-refractivity contribution in [3.05, 3.63) is 29.7 Å². The van der Waals surface area contributed by atoms with Crippen LogP contribution in [0.3, 0.4) is 0 Å². The van der Waals surface area contributed by atoms with E-state index in [9.17, 15) is 9.59 Å². The Labute approximate surface area is 181 Å². The molecular formula is C20H28ClN5O4. The number of nitrogens with zero attached hydrogens (tertiary/aromatic N) is 3. The van der Waals surface area contributed by atoms with E-state index in [1.165, 1.54) is 6.92 Å². The molecule has 2 amide bonds. The molecule has 2 aromatic rings. The molecule has 10 heteroatoms. The van der Waals surface area contributed by atoms with E-state index < -0.39 is 6.09 Å². The fraction of sp³-hybridized carbons (Fsp3) is 0.500. The Morgan fingerprint density at radius 3 is 2.77 bits per heavy atom. The molecule has 0 unspecified atom stereocenters. The average molecular weight is 438 g/mol. The summed E-state index contributed by atoms with van der Waals surface area (Å²) in [6.07, 6.45) is 0.345. The second-order valence-corrected chi connectivity index (χ2v) is 7.45. The second kappa shape index (κ2) is 9.90. The molecule has 3 rings (SSSR count). The van der Waals surface area contributed by atoms with E-state index in [0.29, 0.717) is 31.1 Å². The van der Waals surface area contributed by atoms with Gasteiger partial charge in [0.05, 0.1) is 12.1 Å². The van der Waals surface area contributed by atoms with Crippen molar-refractivity contribution >= 4 is 30.1 Å². The fourth-order valence-corrected chi connectivity index (χ4v) is 3.61. The van der Waals surface area contributed by atoms with E-state index in [0.717, 1.165) is 16.8 Å². The number of halogens is 1. The van der Waals surface area contributed by atoms with Crippen LogP contribution in [0.15, 0.2) is 22.7 Å². The number of fused-ring (bicyclic) bond motifs is 1. The quantitative estimate of drug-likeness (QED) is 0.736. The van der Waals surface area contributed by atoms with Crippen molar-refractivity contribution in [2.24, 2.45) is 5.73 Å². The minimum Gasteiger partial charge on any atom is -0.447 e. The number of ether oxygens (including phenoxy) is 1. The van der Waals surface area contributed by atoms with Crippen LogP contribution in [0.5, 0.6) is 0 Å². The lowest BCUT2D eigenvalue weighted by molar-refractivity contribution is -0.117. The molecule has 3 N–H and O–H groups in total.